The molecule has 108 valence electrons. The third-order valence-corrected chi connectivity index (χ3v) is 2.61. The molecule has 0 aromatic heterocycles. The van der Waals surface area contributed by atoms with Gasteiger partial charge in [0.25, 0.3) is 5.91 Å². The van der Waals surface area contributed by atoms with Crippen LogP contribution in [0.25, 0.3) is 0 Å². The van der Waals surface area contributed by atoms with Gasteiger partial charge in [-0.15, -0.1) is 0 Å². The molecule has 2 aromatic carbocycles. The average Bonchev–Trinajstić information content (AvgIpc) is 2.42. The monoisotopic (exact) mass is 288 g/mol. The van der Waals surface area contributed by atoms with E-state index in [1.165, 1.54) is 24.3 Å². The number of hydrogen-bond donors (Lipinski definition) is 5. The Labute approximate surface area is 119 Å². The highest BCUT2D eigenvalue weighted by atomic mass is 16.3. The van der Waals surface area contributed by atoms with Gasteiger partial charge in [0, 0.05) is 17.7 Å². The Balaban J connectivity index is 2.09. The van der Waals surface area contributed by atoms with Gasteiger partial charge in [0.15, 0.2) is 0 Å². The lowest BCUT2D eigenvalue weighted by atomic mass is 10.2. The van der Waals surface area contributed by atoms with Crippen LogP contribution in [0.5, 0.6) is 23.0 Å². The minimum atomic E-state index is -0.524. The molecule has 0 aliphatic rings. The topological polar surface area (TPSA) is 122 Å². The van der Waals surface area contributed by atoms with Gasteiger partial charge in [-0.05, 0) is 24.3 Å². The Hall–Kier alpha value is -3.22. The molecule has 2 rings (SSSR count). The maximum Gasteiger partial charge on any atom is 0.271 e. The minimum absolute atomic E-state index is 0.0361. The van der Waals surface area contributed by atoms with Crippen LogP contribution in [0.4, 0.5) is 0 Å². The summed E-state index contributed by atoms with van der Waals surface area (Å²) in [5.74, 6) is -1.54. The summed E-state index contributed by atoms with van der Waals surface area (Å²) in [7, 11) is 0. The van der Waals surface area contributed by atoms with E-state index in [-0.39, 0.29) is 34.1 Å². The molecule has 5 N–H and O–H groups in total. The standard InChI is InChI=1S/C14H12N2O5/c17-9-3-1-8(2-4-9)14(21)16-15-7-11-12(19)5-10(18)6-13(11)20/h1-7,17-20H,(H,16,21)/b15-7+. The van der Waals surface area contributed by atoms with E-state index in [2.05, 4.69) is 10.5 Å². The summed E-state index contributed by atoms with van der Waals surface area (Å²) >= 11 is 0. The van der Waals surface area contributed by atoms with Gasteiger partial charge < -0.3 is 20.4 Å². The number of amides is 1. The molecule has 0 unspecified atom stereocenters. The first kappa shape index (κ1) is 14.2. The highest BCUT2D eigenvalue weighted by Gasteiger charge is 2.08. The number of carbonyl (C=O) groups is 1. The minimum Gasteiger partial charge on any atom is -0.508 e. The average molecular weight is 288 g/mol. The molecule has 1 amide bonds. The van der Waals surface area contributed by atoms with Crippen LogP contribution >= 0.6 is 0 Å². The fourth-order valence-electron chi connectivity index (χ4n) is 1.57. The zero-order valence-electron chi connectivity index (χ0n) is 10.7. The Morgan fingerprint density at radius 3 is 2.10 bits per heavy atom. The lowest BCUT2D eigenvalue weighted by Gasteiger charge is -2.03. The summed E-state index contributed by atoms with van der Waals surface area (Å²) in [6.45, 7) is 0. The number of rotatable bonds is 3. The van der Waals surface area contributed by atoms with Gasteiger partial charge in [0.05, 0.1) is 11.8 Å². The third kappa shape index (κ3) is 3.41. The van der Waals surface area contributed by atoms with Gasteiger partial charge in [-0.1, -0.05) is 0 Å². The molecular weight excluding hydrogens is 276 g/mol. The normalized spacial score (nSPS) is 10.7. The fraction of sp³-hybridized carbons (Fsp3) is 0. The van der Waals surface area contributed by atoms with Crippen molar-refractivity contribution in [2.75, 3.05) is 0 Å². The summed E-state index contributed by atoms with van der Waals surface area (Å²) in [6.07, 6.45) is 1.04. The molecule has 0 spiro atoms. The zero-order valence-corrected chi connectivity index (χ0v) is 10.7. The Kier molecular flexibility index (Phi) is 3.94. The molecule has 0 atom stereocenters. The quantitative estimate of drug-likeness (QED) is 0.430. The molecule has 0 bridgehead atoms. The summed E-state index contributed by atoms with van der Waals surface area (Å²) in [5.41, 5.74) is 2.44. The molecule has 0 fully saturated rings. The third-order valence-electron chi connectivity index (χ3n) is 2.61. The number of nitrogens with zero attached hydrogens (tertiary/aromatic N) is 1. The van der Waals surface area contributed by atoms with Crippen LogP contribution in [-0.2, 0) is 0 Å². The van der Waals surface area contributed by atoms with Crippen LogP contribution in [0.2, 0.25) is 0 Å². The molecule has 0 aliphatic heterocycles. The summed E-state index contributed by atoms with van der Waals surface area (Å²) < 4.78 is 0. The SMILES string of the molecule is O=C(N/N=C/c1c(O)cc(O)cc1O)c1ccc(O)cc1. The number of carbonyl (C=O) groups excluding carboxylic acids is 1. The Morgan fingerprint density at radius 2 is 1.52 bits per heavy atom. The lowest BCUT2D eigenvalue weighted by molar-refractivity contribution is 0.0955. The molecule has 0 saturated heterocycles. The van der Waals surface area contributed by atoms with E-state index in [1.807, 2.05) is 0 Å². The smallest absolute Gasteiger partial charge is 0.271 e. The van der Waals surface area contributed by atoms with Crippen molar-refractivity contribution in [2.45, 2.75) is 0 Å². The van der Waals surface area contributed by atoms with Crippen LogP contribution < -0.4 is 5.43 Å². The summed E-state index contributed by atoms with van der Waals surface area (Å²) in [5, 5.41) is 40.9. The van der Waals surface area contributed by atoms with Gasteiger partial charge in [0.2, 0.25) is 0 Å². The summed E-state index contributed by atoms with van der Waals surface area (Å²) in [4.78, 5) is 11.7. The van der Waals surface area contributed by atoms with Crippen LogP contribution in [0, 0.1) is 0 Å². The predicted molar refractivity (Wildman–Crippen MR) is 74.6 cm³/mol. The van der Waals surface area contributed by atoms with E-state index in [9.17, 15) is 15.0 Å². The van der Waals surface area contributed by atoms with Gasteiger partial charge in [-0.3, -0.25) is 4.79 Å². The zero-order chi connectivity index (χ0) is 15.4. The van der Waals surface area contributed by atoms with Crippen LogP contribution in [0.3, 0.4) is 0 Å². The number of benzene rings is 2. The second-order valence-corrected chi connectivity index (χ2v) is 4.14. The van der Waals surface area contributed by atoms with Crippen molar-refractivity contribution >= 4 is 12.1 Å². The van der Waals surface area contributed by atoms with Gasteiger partial charge in [-0.25, -0.2) is 5.43 Å². The maximum absolute atomic E-state index is 11.7. The Bertz CT molecular complexity index is 672. The van der Waals surface area contributed by atoms with Crippen molar-refractivity contribution in [3.63, 3.8) is 0 Å². The van der Waals surface area contributed by atoms with Crippen molar-refractivity contribution in [3.05, 3.63) is 47.5 Å². The first-order valence-corrected chi connectivity index (χ1v) is 5.85. The van der Waals surface area contributed by atoms with Crippen molar-refractivity contribution in [3.8, 4) is 23.0 Å². The highest BCUT2D eigenvalue weighted by Crippen LogP contribution is 2.30. The van der Waals surface area contributed by atoms with Crippen molar-refractivity contribution in [1.29, 1.82) is 0 Å². The Morgan fingerprint density at radius 1 is 0.952 bits per heavy atom. The molecule has 21 heavy (non-hydrogen) atoms. The van der Waals surface area contributed by atoms with E-state index < -0.39 is 5.91 Å². The number of phenolic OH excluding ortho intramolecular Hbond substituents is 4. The fourth-order valence-corrected chi connectivity index (χ4v) is 1.57. The number of nitrogens with one attached hydrogen (secondary N) is 1. The molecule has 0 heterocycles. The largest absolute Gasteiger partial charge is 0.508 e. The predicted octanol–water partition coefficient (Wildman–Crippen LogP) is 1.27. The van der Waals surface area contributed by atoms with Gasteiger partial charge in [-0.2, -0.15) is 5.10 Å². The van der Waals surface area contributed by atoms with E-state index in [0.717, 1.165) is 18.3 Å². The van der Waals surface area contributed by atoms with E-state index in [4.69, 9.17) is 10.2 Å². The first-order valence-electron chi connectivity index (χ1n) is 5.85. The van der Waals surface area contributed by atoms with Crippen LogP contribution in [-0.4, -0.2) is 32.5 Å². The first-order chi connectivity index (χ1) is 9.97. The maximum atomic E-state index is 11.7. The second kappa shape index (κ2) is 5.83. The van der Waals surface area contributed by atoms with Gasteiger partial charge >= 0.3 is 0 Å². The molecule has 7 heteroatoms. The summed E-state index contributed by atoms with van der Waals surface area (Å²) in [6, 6.07) is 7.60. The number of hydrazone groups is 1. The second-order valence-electron chi connectivity index (χ2n) is 4.14. The molecule has 2 aromatic rings. The number of aromatic hydroxyl groups is 4. The molecular formula is C14H12N2O5. The number of hydrogen-bond acceptors (Lipinski definition) is 6. The van der Waals surface area contributed by atoms with Crippen molar-refractivity contribution in [1.82, 2.24) is 5.43 Å². The van der Waals surface area contributed by atoms with Crippen molar-refractivity contribution < 1.29 is 25.2 Å². The molecule has 0 radical (unpaired) electrons. The van der Waals surface area contributed by atoms with E-state index in [0.29, 0.717) is 0 Å². The van der Waals surface area contributed by atoms with E-state index >= 15 is 0 Å². The number of phenols is 4. The van der Waals surface area contributed by atoms with Crippen LogP contribution in [0.1, 0.15) is 15.9 Å². The molecule has 0 saturated carbocycles. The van der Waals surface area contributed by atoms with E-state index in [1.54, 1.807) is 0 Å². The van der Waals surface area contributed by atoms with Gasteiger partial charge in [0.1, 0.15) is 23.0 Å². The van der Waals surface area contributed by atoms with Crippen molar-refractivity contribution in [2.24, 2.45) is 5.10 Å². The highest BCUT2D eigenvalue weighted by molar-refractivity contribution is 5.95. The molecule has 7 nitrogen and oxygen atoms in total. The lowest BCUT2D eigenvalue weighted by Crippen LogP contribution is -2.17. The van der Waals surface area contributed by atoms with Crippen LogP contribution in [0.15, 0.2) is 41.5 Å². The molecule has 0 aliphatic carbocycles.